The van der Waals surface area contributed by atoms with Crippen LogP contribution < -0.4 is 10.6 Å². The Bertz CT molecular complexity index is 1090. The molecule has 166 valence electrons. The van der Waals surface area contributed by atoms with Crippen LogP contribution in [-0.4, -0.2) is 30.4 Å². The van der Waals surface area contributed by atoms with Crippen molar-refractivity contribution in [3.8, 4) is 0 Å². The summed E-state index contributed by atoms with van der Waals surface area (Å²) >= 11 is 7.42. The van der Waals surface area contributed by atoms with Gasteiger partial charge in [0.2, 0.25) is 0 Å². The number of thiophene rings is 1. The summed E-state index contributed by atoms with van der Waals surface area (Å²) in [5.41, 5.74) is 0.915. The summed E-state index contributed by atoms with van der Waals surface area (Å²) in [4.78, 5) is 37.8. The predicted octanol–water partition coefficient (Wildman–Crippen LogP) is 4.11. The summed E-state index contributed by atoms with van der Waals surface area (Å²) in [6.07, 6.45) is 0. The first kappa shape index (κ1) is 23.4. The number of amides is 2. The molecule has 9 heteroatoms. The number of ether oxygens (including phenoxy) is 1. The summed E-state index contributed by atoms with van der Waals surface area (Å²) in [5, 5.41) is 7.40. The monoisotopic (exact) mass is 474 g/mol. The number of benzene rings is 2. The van der Waals surface area contributed by atoms with Gasteiger partial charge in [-0.1, -0.05) is 41.9 Å². The molecule has 1 aromatic heterocycles. The summed E-state index contributed by atoms with van der Waals surface area (Å²) in [6, 6.07) is 14.4. The maximum atomic E-state index is 13.3. The second-order valence-electron chi connectivity index (χ2n) is 6.85. The van der Waals surface area contributed by atoms with Gasteiger partial charge in [0.05, 0.1) is 16.6 Å². The van der Waals surface area contributed by atoms with Crippen LogP contribution in [0.15, 0.2) is 66.0 Å². The summed E-state index contributed by atoms with van der Waals surface area (Å²) in [6.45, 7) is 0.913. The number of esters is 1. The zero-order chi connectivity index (χ0) is 23.1. The molecule has 0 aliphatic carbocycles. The number of halogens is 2. The first-order valence-electron chi connectivity index (χ1n) is 9.65. The van der Waals surface area contributed by atoms with E-state index < -0.39 is 36.5 Å². The van der Waals surface area contributed by atoms with Crippen molar-refractivity contribution in [2.24, 2.45) is 0 Å². The maximum absolute atomic E-state index is 13.3. The highest BCUT2D eigenvalue weighted by Gasteiger charge is 2.22. The Labute approximate surface area is 193 Å². The number of rotatable bonds is 8. The lowest BCUT2D eigenvalue weighted by Crippen LogP contribution is -2.41. The van der Waals surface area contributed by atoms with E-state index in [9.17, 15) is 18.8 Å². The minimum absolute atomic E-state index is 0.227. The first-order chi connectivity index (χ1) is 15.3. The second kappa shape index (κ2) is 10.9. The largest absolute Gasteiger partial charge is 0.454 e. The van der Waals surface area contributed by atoms with Gasteiger partial charge < -0.3 is 15.4 Å². The van der Waals surface area contributed by atoms with Crippen LogP contribution in [-0.2, 0) is 14.3 Å². The summed E-state index contributed by atoms with van der Waals surface area (Å²) in [7, 11) is 0. The SMILES string of the molecule is C[C@H](NC(=O)c1ccccc1Cl)C(=O)OCC(=O)NC(c1ccc(F)cc1)c1cccs1. The molecule has 0 saturated carbocycles. The molecule has 2 aromatic carbocycles. The Kier molecular flexibility index (Phi) is 7.97. The fourth-order valence-corrected chi connectivity index (χ4v) is 3.90. The molecule has 2 N–H and O–H groups in total. The number of carbonyl (C=O) groups is 3. The molecule has 0 aliphatic rings. The van der Waals surface area contributed by atoms with Crippen molar-refractivity contribution < 1.29 is 23.5 Å². The van der Waals surface area contributed by atoms with Crippen molar-refractivity contribution in [1.82, 2.24) is 10.6 Å². The van der Waals surface area contributed by atoms with E-state index in [1.54, 1.807) is 30.3 Å². The fraction of sp³-hybridized carbons (Fsp3) is 0.174. The molecule has 3 rings (SSSR count). The van der Waals surface area contributed by atoms with Crippen LogP contribution in [0.2, 0.25) is 5.02 Å². The van der Waals surface area contributed by atoms with E-state index >= 15 is 0 Å². The Balaban J connectivity index is 1.56. The van der Waals surface area contributed by atoms with Crippen LogP contribution in [0, 0.1) is 5.82 Å². The average molecular weight is 475 g/mol. The lowest BCUT2D eigenvalue weighted by atomic mass is 10.1. The Hall–Kier alpha value is -3.23. The highest BCUT2D eigenvalue weighted by atomic mass is 35.5. The van der Waals surface area contributed by atoms with Gasteiger partial charge in [0.25, 0.3) is 11.8 Å². The molecule has 1 heterocycles. The normalized spacial score (nSPS) is 12.5. The summed E-state index contributed by atoms with van der Waals surface area (Å²) in [5.74, 6) is -2.22. The van der Waals surface area contributed by atoms with E-state index in [0.29, 0.717) is 5.56 Å². The molecule has 3 aromatic rings. The molecule has 0 spiro atoms. The number of hydrogen-bond donors (Lipinski definition) is 2. The highest BCUT2D eigenvalue weighted by Crippen LogP contribution is 2.26. The van der Waals surface area contributed by atoms with Crippen molar-refractivity contribution in [2.75, 3.05) is 6.61 Å². The smallest absolute Gasteiger partial charge is 0.328 e. The molecule has 0 fully saturated rings. The van der Waals surface area contributed by atoms with E-state index in [1.807, 2.05) is 17.5 Å². The topological polar surface area (TPSA) is 84.5 Å². The Morgan fingerprint density at radius 3 is 2.41 bits per heavy atom. The molecule has 0 saturated heterocycles. The van der Waals surface area contributed by atoms with Gasteiger partial charge in [0.15, 0.2) is 6.61 Å². The van der Waals surface area contributed by atoms with E-state index in [2.05, 4.69) is 10.6 Å². The van der Waals surface area contributed by atoms with Gasteiger partial charge in [-0.05, 0) is 48.2 Å². The van der Waals surface area contributed by atoms with Crippen LogP contribution in [0.3, 0.4) is 0 Å². The number of hydrogen-bond acceptors (Lipinski definition) is 5. The molecule has 2 amide bonds. The molecular weight excluding hydrogens is 455 g/mol. The quantitative estimate of drug-likeness (QED) is 0.481. The van der Waals surface area contributed by atoms with Gasteiger partial charge in [0.1, 0.15) is 11.9 Å². The van der Waals surface area contributed by atoms with Crippen molar-refractivity contribution in [3.63, 3.8) is 0 Å². The molecule has 0 radical (unpaired) electrons. The standard InChI is InChI=1S/C23H20ClFN2O4S/c1-14(26-22(29)17-5-2-3-6-18(17)24)23(30)31-13-20(28)27-21(19-7-4-12-32-19)15-8-10-16(25)11-9-15/h2-12,14,21H,13H2,1H3,(H,26,29)(H,27,28)/t14-,21?/m0/s1. The highest BCUT2D eigenvalue weighted by molar-refractivity contribution is 7.10. The van der Waals surface area contributed by atoms with Crippen molar-refractivity contribution >= 4 is 40.7 Å². The van der Waals surface area contributed by atoms with Crippen molar-refractivity contribution in [1.29, 1.82) is 0 Å². The van der Waals surface area contributed by atoms with Gasteiger partial charge in [0, 0.05) is 4.88 Å². The minimum Gasteiger partial charge on any atom is -0.454 e. The van der Waals surface area contributed by atoms with Crippen molar-refractivity contribution in [2.45, 2.75) is 19.0 Å². The minimum atomic E-state index is -0.989. The third-order valence-corrected chi connectivity index (χ3v) is 5.77. The van der Waals surface area contributed by atoms with E-state index in [4.69, 9.17) is 16.3 Å². The lowest BCUT2D eigenvalue weighted by Gasteiger charge is -2.19. The van der Waals surface area contributed by atoms with Crippen molar-refractivity contribution in [3.05, 3.63) is 92.9 Å². The zero-order valence-corrected chi connectivity index (χ0v) is 18.6. The number of carbonyl (C=O) groups excluding carboxylic acids is 3. The third kappa shape index (κ3) is 6.15. The Morgan fingerprint density at radius 1 is 1.03 bits per heavy atom. The molecule has 0 aliphatic heterocycles. The number of nitrogens with one attached hydrogen (secondary N) is 2. The van der Waals surface area contributed by atoms with Gasteiger partial charge in [-0.3, -0.25) is 9.59 Å². The second-order valence-corrected chi connectivity index (χ2v) is 8.24. The first-order valence-corrected chi connectivity index (χ1v) is 10.9. The van der Waals surface area contributed by atoms with E-state index in [-0.39, 0.29) is 16.4 Å². The molecule has 32 heavy (non-hydrogen) atoms. The van der Waals surface area contributed by atoms with Gasteiger partial charge in [-0.25, -0.2) is 9.18 Å². The van der Waals surface area contributed by atoms with Gasteiger partial charge >= 0.3 is 5.97 Å². The van der Waals surface area contributed by atoms with Gasteiger partial charge in [-0.2, -0.15) is 0 Å². The van der Waals surface area contributed by atoms with Crippen LogP contribution in [0.4, 0.5) is 4.39 Å². The molecule has 2 atom stereocenters. The van der Waals surface area contributed by atoms with Crippen LogP contribution in [0.25, 0.3) is 0 Å². The van der Waals surface area contributed by atoms with Crippen LogP contribution in [0.5, 0.6) is 0 Å². The van der Waals surface area contributed by atoms with E-state index in [0.717, 1.165) is 4.88 Å². The Morgan fingerprint density at radius 2 is 1.75 bits per heavy atom. The summed E-state index contributed by atoms with van der Waals surface area (Å²) < 4.78 is 18.3. The lowest BCUT2D eigenvalue weighted by molar-refractivity contribution is -0.150. The molecule has 1 unspecified atom stereocenters. The van der Waals surface area contributed by atoms with E-state index in [1.165, 1.54) is 36.5 Å². The molecule has 6 nitrogen and oxygen atoms in total. The zero-order valence-electron chi connectivity index (χ0n) is 17.0. The predicted molar refractivity (Wildman–Crippen MR) is 120 cm³/mol. The maximum Gasteiger partial charge on any atom is 0.328 e. The third-order valence-electron chi connectivity index (χ3n) is 4.50. The van der Waals surface area contributed by atoms with Crippen LogP contribution >= 0.6 is 22.9 Å². The fourth-order valence-electron chi connectivity index (χ4n) is 2.87. The average Bonchev–Trinajstić information content (AvgIpc) is 3.31. The van der Waals surface area contributed by atoms with Crippen LogP contribution in [0.1, 0.15) is 33.8 Å². The molecular formula is C23H20ClFN2O4S. The molecule has 0 bridgehead atoms. The van der Waals surface area contributed by atoms with Gasteiger partial charge in [-0.15, -0.1) is 11.3 Å².